The Morgan fingerprint density at radius 1 is 0.828 bits per heavy atom. The van der Waals surface area contributed by atoms with Gasteiger partial charge in [-0.15, -0.1) is 0 Å². The van der Waals surface area contributed by atoms with Crippen LogP contribution in [-0.4, -0.2) is 31.7 Å². The van der Waals surface area contributed by atoms with E-state index in [1.807, 2.05) is 0 Å². The molecule has 1 unspecified atom stereocenters. The molecule has 0 aliphatic carbocycles. The molecular weight excluding hydrogens is 366 g/mol. The van der Waals surface area contributed by atoms with E-state index in [0.29, 0.717) is 6.61 Å². The number of ether oxygens (including phenoxy) is 2. The average Bonchev–Trinajstić information content (AvgIpc) is 2.73. The van der Waals surface area contributed by atoms with Gasteiger partial charge in [0.2, 0.25) is 0 Å². The maximum absolute atomic E-state index is 11.6. The fourth-order valence-corrected chi connectivity index (χ4v) is 3.15. The molecule has 0 aliphatic rings. The second kappa shape index (κ2) is 21.4. The van der Waals surface area contributed by atoms with E-state index in [0.717, 1.165) is 12.8 Å². The molecule has 0 heterocycles. The van der Waals surface area contributed by atoms with Crippen LogP contribution in [0.15, 0.2) is 12.2 Å². The van der Waals surface area contributed by atoms with Gasteiger partial charge in [0.1, 0.15) is 6.04 Å². The van der Waals surface area contributed by atoms with Gasteiger partial charge in [0.05, 0.1) is 13.7 Å². The fraction of sp³-hybridized carbons (Fsp3) is 0.833. The van der Waals surface area contributed by atoms with E-state index in [1.165, 1.54) is 84.2 Å². The number of nitrogens with two attached hydrogens (primary N) is 1. The first-order chi connectivity index (χ1) is 14.1. The van der Waals surface area contributed by atoms with Crippen LogP contribution in [0.4, 0.5) is 0 Å². The summed E-state index contributed by atoms with van der Waals surface area (Å²) in [6.45, 7) is 2.71. The number of hydrogen-bond donors (Lipinski definition) is 1. The van der Waals surface area contributed by atoms with Crippen molar-refractivity contribution >= 4 is 11.9 Å². The monoisotopic (exact) mass is 411 g/mol. The van der Waals surface area contributed by atoms with Crippen molar-refractivity contribution in [1.82, 2.24) is 0 Å². The predicted molar refractivity (Wildman–Crippen MR) is 120 cm³/mol. The van der Waals surface area contributed by atoms with Gasteiger partial charge in [0.25, 0.3) is 0 Å². The zero-order valence-electron chi connectivity index (χ0n) is 19.0. The summed E-state index contributed by atoms with van der Waals surface area (Å²) < 4.78 is 9.69. The quantitative estimate of drug-likeness (QED) is 0.154. The third-order valence-electron chi connectivity index (χ3n) is 5.08. The first-order valence-electron chi connectivity index (χ1n) is 11.8. The van der Waals surface area contributed by atoms with E-state index in [-0.39, 0.29) is 18.8 Å². The molecule has 170 valence electrons. The first kappa shape index (κ1) is 27.6. The minimum atomic E-state index is -0.752. The molecule has 0 fully saturated rings. The molecule has 0 aromatic carbocycles. The molecule has 2 N–H and O–H groups in total. The second-order valence-electron chi connectivity index (χ2n) is 7.83. The van der Waals surface area contributed by atoms with Gasteiger partial charge in [-0.2, -0.15) is 0 Å². The highest BCUT2D eigenvalue weighted by Crippen LogP contribution is 2.10. The lowest BCUT2D eigenvalue weighted by atomic mass is 10.1. The van der Waals surface area contributed by atoms with Crippen molar-refractivity contribution in [1.29, 1.82) is 0 Å². The third kappa shape index (κ3) is 19.7. The molecular formula is C24H45NO4. The molecule has 0 aliphatic heterocycles. The number of esters is 2. The van der Waals surface area contributed by atoms with Crippen LogP contribution in [0.5, 0.6) is 0 Å². The molecule has 0 radical (unpaired) electrons. The number of carbonyl (C=O) groups excluding carboxylic acids is 2. The Bertz CT molecular complexity index is 423. The zero-order valence-corrected chi connectivity index (χ0v) is 19.0. The molecule has 0 rings (SSSR count). The molecule has 0 aromatic rings. The summed E-state index contributed by atoms with van der Waals surface area (Å²) in [7, 11) is 1.29. The highest BCUT2D eigenvalue weighted by Gasteiger charge is 2.15. The summed E-state index contributed by atoms with van der Waals surface area (Å²) in [6, 6.07) is -0.752. The van der Waals surface area contributed by atoms with E-state index in [1.54, 1.807) is 0 Å². The molecule has 0 aromatic heterocycles. The molecule has 0 saturated heterocycles. The Hall–Kier alpha value is -1.36. The van der Waals surface area contributed by atoms with Crippen molar-refractivity contribution in [2.24, 2.45) is 5.73 Å². The molecule has 1 atom stereocenters. The van der Waals surface area contributed by atoms with E-state index < -0.39 is 12.0 Å². The highest BCUT2D eigenvalue weighted by atomic mass is 16.5. The SMILES string of the molecule is CCCCCCCC/C=C\CCCCCCCCOC(=O)CCC(N)C(=O)OC. The van der Waals surface area contributed by atoms with Gasteiger partial charge in [-0.3, -0.25) is 9.59 Å². The Morgan fingerprint density at radius 3 is 1.90 bits per heavy atom. The van der Waals surface area contributed by atoms with Crippen molar-refractivity contribution < 1.29 is 19.1 Å². The van der Waals surface area contributed by atoms with Crippen LogP contribution < -0.4 is 5.73 Å². The summed E-state index contributed by atoms with van der Waals surface area (Å²) >= 11 is 0. The summed E-state index contributed by atoms with van der Waals surface area (Å²) in [5.74, 6) is -0.789. The zero-order chi connectivity index (χ0) is 21.6. The maximum atomic E-state index is 11.6. The third-order valence-corrected chi connectivity index (χ3v) is 5.08. The average molecular weight is 412 g/mol. The minimum Gasteiger partial charge on any atom is -0.468 e. The Kier molecular flexibility index (Phi) is 20.3. The van der Waals surface area contributed by atoms with Gasteiger partial charge >= 0.3 is 11.9 Å². The van der Waals surface area contributed by atoms with Crippen LogP contribution in [0.25, 0.3) is 0 Å². The number of hydrogen-bond acceptors (Lipinski definition) is 5. The van der Waals surface area contributed by atoms with E-state index in [4.69, 9.17) is 10.5 Å². The largest absolute Gasteiger partial charge is 0.468 e. The van der Waals surface area contributed by atoms with Gasteiger partial charge in [0.15, 0.2) is 0 Å². The van der Waals surface area contributed by atoms with Gasteiger partial charge in [-0.1, -0.05) is 76.9 Å². The number of rotatable bonds is 20. The van der Waals surface area contributed by atoms with E-state index >= 15 is 0 Å². The van der Waals surface area contributed by atoms with Crippen LogP contribution >= 0.6 is 0 Å². The van der Waals surface area contributed by atoms with Gasteiger partial charge in [0, 0.05) is 6.42 Å². The molecule has 0 spiro atoms. The van der Waals surface area contributed by atoms with Crippen LogP contribution in [0, 0.1) is 0 Å². The van der Waals surface area contributed by atoms with Gasteiger partial charge in [-0.05, 0) is 38.5 Å². The van der Waals surface area contributed by atoms with Crippen molar-refractivity contribution in [2.75, 3.05) is 13.7 Å². The summed E-state index contributed by atoms with van der Waals surface area (Å²) in [4.78, 5) is 22.7. The Labute approximate surface area is 178 Å². The molecule has 0 amide bonds. The number of carbonyl (C=O) groups is 2. The first-order valence-corrected chi connectivity index (χ1v) is 11.8. The highest BCUT2D eigenvalue weighted by molar-refractivity contribution is 5.76. The van der Waals surface area contributed by atoms with Gasteiger partial charge < -0.3 is 15.2 Å². The van der Waals surface area contributed by atoms with Crippen molar-refractivity contribution in [3.63, 3.8) is 0 Å². The molecule has 5 heteroatoms. The Morgan fingerprint density at radius 2 is 1.34 bits per heavy atom. The number of unbranched alkanes of at least 4 members (excludes halogenated alkanes) is 12. The van der Waals surface area contributed by atoms with E-state index in [2.05, 4.69) is 23.8 Å². The Balaban J connectivity index is 3.30. The van der Waals surface area contributed by atoms with Crippen molar-refractivity contribution in [3.8, 4) is 0 Å². The lowest BCUT2D eigenvalue weighted by Crippen LogP contribution is -2.32. The summed E-state index contributed by atoms with van der Waals surface area (Å²) in [6.07, 6.45) is 22.7. The van der Waals surface area contributed by atoms with E-state index in [9.17, 15) is 9.59 Å². The van der Waals surface area contributed by atoms with Crippen LogP contribution in [0.3, 0.4) is 0 Å². The minimum absolute atomic E-state index is 0.155. The smallest absolute Gasteiger partial charge is 0.322 e. The lowest BCUT2D eigenvalue weighted by molar-refractivity contribution is -0.145. The summed E-state index contributed by atoms with van der Waals surface area (Å²) in [5.41, 5.74) is 5.58. The van der Waals surface area contributed by atoms with Crippen LogP contribution in [0.2, 0.25) is 0 Å². The molecule has 0 bridgehead atoms. The molecule has 5 nitrogen and oxygen atoms in total. The number of allylic oxidation sites excluding steroid dienone is 2. The fourth-order valence-electron chi connectivity index (χ4n) is 3.15. The number of methoxy groups -OCH3 is 1. The second-order valence-corrected chi connectivity index (χ2v) is 7.83. The predicted octanol–water partition coefficient (Wildman–Crippen LogP) is 5.85. The van der Waals surface area contributed by atoms with Crippen LogP contribution in [-0.2, 0) is 19.1 Å². The van der Waals surface area contributed by atoms with Gasteiger partial charge in [-0.25, -0.2) is 0 Å². The molecule has 0 saturated carbocycles. The normalized spacial score (nSPS) is 12.2. The van der Waals surface area contributed by atoms with Crippen molar-refractivity contribution in [2.45, 2.75) is 116 Å². The lowest BCUT2D eigenvalue weighted by Gasteiger charge is -2.09. The van der Waals surface area contributed by atoms with Crippen molar-refractivity contribution in [3.05, 3.63) is 12.2 Å². The topological polar surface area (TPSA) is 78.6 Å². The van der Waals surface area contributed by atoms with Crippen LogP contribution in [0.1, 0.15) is 110 Å². The molecule has 29 heavy (non-hydrogen) atoms. The maximum Gasteiger partial charge on any atom is 0.322 e. The standard InChI is InChI=1S/C24H45NO4/c1-3-4-5-6-7-8-9-10-11-12-13-14-15-16-17-18-21-29-23(26)20-19-22(25)24(27)28-2/h10-11,22H,3-9,12-21,25H2,1-2H3/b11-10-. The summed E-state index contributed by atoms with van der Waals surface area (Å²) in [5, 5.41) is 0.